The first kappa shape index (κ1) is 20.7. The Kier molecular flexibility index (Phi) is 6.58. The molecule has 0 radical (unpaired) electrons. The van der Waals surface area contributed by atoms with Crippen LogP contribution in [0.15, 0.2) is 54.6 Å². The van der Waals surface area contributed by atoms with Crippen molar-refractivity contribution in [2.45, 2.75) is 32.2 Å². The molecule has 0 saturated carbocycles. The van der Waals surface area contributed by atoms with Crippen LogP contribution >= 0.6 is 0 Å². The van der Waals surface area contributed by atoms with Gasteiger partial charge in [-0.2, -0.15) is 0 Å². The smallest absolute Gasteiger partial charge is 0.239 e. The molecule has 0 aliphatic carbocycles. The average Bonchev–Trinajstić information content (AvgIpc) is 2.80. The number of likely N-dealkylation sites (tertiary alicyclic amines) is 1. The van der Waals surface area contributed by atoms with E-state index in [0.717, 1.165) is 64.2 Å². The van der Waals surface area contributed by atoms with Crippen molar-refractivity contribution in [2.75, 3.05) is 44.2 Å². The van der Waals surface area contributed by atoms with Crippen molar-refractivity contribution in [1.29, 1.82) is 0 Å². The Morgan fingerprint density at radius 3 is 2.20 bits per heavy atom. The minimum absolute atomic E-state index is 0.0577. The van der Waals surface area contributed by atoms with Crippen LogP contribution in [0.1, 0.15) is 25.3 Å². The van der Waals surface area contributed by atoms with Gasteiger partial charge in [0.15, 0.2) is 0 Å². The van der Waals surface area contributed by atoms with E-state index in [1.54, 1.807) is 12.1 Å². The van der Waals surface area contributed by atoms with E-state index < -0.39 is 0 Å². The number of piperidine rings is 1. The predicted molar refractivity (Wildman–Crippen MR) is 121 cm³/mol. The highest BCUT2D eigenvalue weighted by atomic mass is 16.3. The summed E-state index contributed by atoms with van der Waals surface area (Å²) in [6.07, 6.45) is 3.32. The molecule has 0 unspecified atom stereocenters. The van der Waals surface area contributed by atoms with Gasteiger partial charge in [-0.05, 0) is 61.9 Å². The topological polar surface area (TPSA) is 47.0 Å². The van der Waals surface area contributed by atoms with E-state index in [4.69, 9.17) is 0 Å². The SMILES string of the molecule is C[C@H](C(=O)N1CCC(Cc2ccccc2)CC1)N1CCN(c2ccc(O)cc2)CC1. The summed E-state index contributed by atoms with van der Waals surface area (Å²) in [7, 11) is 0. The number of aromatic hydroxyl groups is 1. The van der Waals surface area contributed by atoms with Gasteiger partial charge in [-0.3, -0.25) is 9.69 Å². The van der Waals surface area contributed by atoms with Crippen molar-refractivity contribution < 1.29 is 9.90 Å². The van der Waals surface area contributed by atoms with Crippen molar-refractivity contribution >= 4 is 11.6 Å². The fraction of sp³-hybridized carbons (Fsp3) is 0.480. The average molecular weight is 408 g/mol. The Bertz CT molecular complexity index is 808. The number of rotatable bonds is 5. The monoisotopic (exact) mass is 407 g/mol. The molecular weight excluding hydrogens is 374 g/mol. The van der Waals surface area contributed by atoms with Crippen LogP contribution in [-0.4, -0.2) is 66.1 Å². The van der Waals surface area contributed by atoms with Crippen molar-refractivity contribution in [3.8, 4) is 5.75 Å². The molecule has 5 nitrogen and oxygen atoms in total. The van der Waals surface area contributed by atoms with Gasteiger partial charge in [0, 0.05) is 45.0 Å². The molecule has 2 aromatic carbocycles. The van der Waals surface area contributed by atoms with Crippen molar-refractivity contribution in [3.05, 3.63) is 60.2 Å². The summed E-state index contributed by atoms with van der Waals surface area (Å²) in [5.41, 5.74) is 2.54. The number of benzene rings is 2. The molecule has 2 fully saturated rings. The maximum Gasteiger partial charge on any atom is 0.239 e. The number of amides is 1. The van der Waals surface area contributed by atoms with Gasteiger partial charge in [-0.15, -0.1) is 0 Å². The van der Waals surface area contributed by atoms with Gasteiger partial charge in [0.25, 0.3) is 0 Å². The largest absolute Gasteiger partial charge is 0.508 e. The fourth-order valence-electron chi connectivity index (χ4n) is 4.76. The van der Waals surface area contributed by atoms with Gasteiger partial charge in [0.05, 0.1) is 6.04 Å². The molecular formula is C25H33N3O2. The van der Waals surface area contributed by atoms with E-state index in [0.29, 0.717) is 11.7 Å². The van der Waals surface area contributed by atoms with Crippen LogP contribution in [-0.2, 0) is 11.2 Å². The number of anilines is 1. The molecule has 0 bridgehead atoms. The van der Waals surface area contributed by atoms with Crippen molar-refractivity contribution in [3.63, 3.8) is 0 Å². The molecule has 2 aromatic rings. The van der Waals surface area contributed by atoms with Crippen LogP contribution in [0.25, 0.3) is 0 Å². The third-order valence-corrected chi connectivity index (χ3v) is 6.73. The van der Waals surface area contributed by atoms with Crippen LogP contribution < -0.4 is 4.90 Å². The number of hydrogen-bond acceptors (Lipinski definition) is 4. The lowest BCUT2D eigenvalue weighted by atomic mass is 9.90. The Labute approximate surface area is 179 Å². The summed E-state index contributed by atoms with van der Waals surface area (Å²) in [4.78, 5) is 19.8. The zero-order valence-electron chi connectivity index (χ0n) is 17.9. The van der Waals surface area contributed by atoms with E-state index in [9.17, 15) is 9.90 Å². The Balaban J connectivity index is 1.24. The van der Waals surface area contributed by atoms with Gasteiger partial charge in [-0.25, -0.2) is 0 Å². The molecule has 0 aromatic heterocycles. The van der Waals surface area contributed by atoms with Crippen LogP contribution in [0.4, 0.5) is 5.69 Å². The molecule has 2 aliphatic heterocycles. The highest BCUT2D eigenvalue weighted by molar-refractivity contribution is 5.81. The Hall–Kier alpha value is -2.53. The molecule has 160 valence electrons. The second-order valence-corrected chi connectivity index (χ2v) is 8.67. The van der Waals surface area contributed by atoms with E-state index in [2.05, 4.69) is 52.0 Å². The summed E-state index contributed by atoms with van der Waals surface area (Å²) >= 11 is 0. The van der Waals surface area contributed by atoms with Crippen molar-refractivity contribution in [1.82, 2.24) is 9.80 Å². The number of hydrogen-bond donors (Lipinski definition) is 1. The van der Waals surface area contributed by atoms with Gasteiger partial charge >= 0.3 is 0 Å². The lowest BCUT2D eigenvalue weighted by Crippen LogP contribution is -2.55. The number of phenolic OH excluding ortho intramolecular Hbond substituents is 1. The summed E-state index contributed by atoms with van der Waals surface area (Å²) in [6, 6.07) is 18.0. The van der Waals surface area contributed by atoms with Crippen LogP contribution in [0.5, 0.6) is 5.75 Å². The summed E-state index contributed by atoms with van der Waals surface area (Å²) in [6.45, 7) is 7.41. The first-order valence-corrected chi connectivity index (χ1v) is 11.2. The molecule has 1 N–H and O–H groups in total. The third-order valence-electron chi connectivity index (χ3n) is 6.73. The number of nitrogens with zero attached hydrogens (tertiary/aromatic N) is 3. The van der Waals surface area contributed by atoms with E-state index >= 15 is 0 Å². The number of piperazine rings is 1. The summed E-state index contributed by atoms with van der Waals surface area (Å²) in [5, 5.41) is 9.48. The van der Waals surface area contributed by atoms with Gasteiger partial charge < -0.3 is 14.9 Å². The standard InChI is InChI=1S/C25H33N3O2/c1-20(26-15-17-27(18-16-26)23-7-9-24(29)10-8-23)25(30)28-13-11-22(12-14-28)19-21-5-3-2-4-6-21/h2-10,20,22,29H,11-19H2,1H3/t20-/m1/s1. The maximum absolute atomic E-state index is 13.1. The minimum Gasteiger partial charge on any atom is -0.508 e. The van der Waals surface area contributed by atoms with Crippen LogP contribution in [0.3, 0.4) is 0 Å². The normalized spacial score (nSPS) is 19.6. The van der Waals surface area contributed by atoms with Crippen molar-refractivity contribution in [2.24, 2.45) is 5.92 Å². The first-order chi connectivity index (χ1) is 14.6. The zero-order chi connectivity index (χ0) is 20.9. The van der Waals surface area contributed by atoms with Gasteiger partial charge in [0.2, 0.25) is 5.91 Å². The summed E-state index contributed by atoms with van der Waals surface area (Å²) < 4.78 is 0. The Morgan fingerprint density at radius 1 is 0.933 bits per heavy atom. The number of carbonyl (C=O) groups is 1. The molecule has 4 rings (SSSR count). The molecule has 1 atom stereocenters. The van der Waals surface area contributed by atoms with Crippen LogP contribution in [0.2, 0.25) is 0 Å². The molecule has 2 heterocycles. The predicted octanol–water partition coefficient (Wildman–Crippen LogP) is 3.38. The molecule has 0 spiro atoms. The molecule has 30 heavy (non-hydrogen) atoms. The maximum atomic E-state index is 13.1. The number of phenols is 1. The molecule has 2 aliphatic rings. The molecule has 5 heteroatoms. The van der Waals surface area contributed by atoms with E-state index in [1.807, 2.05) is 12.1 Å². The lowest BCUT2D eigenvalue weighted by molar-refractivity contribution is -0.138. The molecule has 2 saturated heterocycles. The molecule has 1 amide bonds. The lowest BCUT2D eigenvalue weighted by Gasteiger charge is -2.41. The highest BCUT2D eigenvalue weighted by Gasteiger charge is 2.31. The van der Waals surface area contributed by atoms with Crippen LogP contribution in [0, 0.1) is 5.92 Å². The highest BCUT2D eigenvalue weighted by Crippen LogP contribution is 2.24. The summed E-state index contributed by atoms with van der Waals surface area (Å²) in [5.74, 6) is 1.26. The first-order valence-electron chi connectivity index (χ1n) is 11.2. The van der Waals surface area contributed by atoms with Gasteiger partial charge in [-0.1, -0.05) is 30.3 Å². The fourth-order valence-corrected chi connectivity index (χ4v) is 4.76. The van der Waals surface area contributed by atoms with E-state index in [1.165, 1.54) is 5.56 Å². The van der Waals surface area contributed by atoms with Gasteiger partial charge in [0.1, 0.15) is 5.75 Å². The minimum atomic E-state index is -0.0577. The quantitative estimate of drug-likeness (QED) is 0.825. The Morgan fingerprint density at radius 2 is 1.57 bits per heavy atom. The van der Waals surface area contributed by atoms with E-state index in [-0.39, 0.29) is 11.9 Å². The third kappa shape index (κ3) is 4.96. The zero-order valence-corrected chi connectivity index (χ0v) is 17.9. The second-order valence-electron chi connectivity index (χ2n) is 8.67. The number of carbonyl (C=O) groups excluding carboxylic acids is 1. The second kappa shape index (κ2) is 9.52.